The first-order chi connectivity index (χ1) is 9.66. The Kier molecular flexibility index (Phi) is 3.87. The molecule has 1 saturated carbocycles. The number of fused-ring (bicyclic) bond motifs is 1. The zero-order chi connectivity index (χ0) is 14.2. The number of hydrogen-bond acceptors (Lipinski definition) is 2. The van der Waals surface area contributed by atoms with Gasteiger partial charge in [-0.05, 0) is 61.1 Å². The number of hydrogen-bond donors (Lipinski definition) is 2. The molecule has 0 amide bonds. The third-order valence-electron chi connectivity index (χ3n) is 5.55. The Morgan fingerprint density at radius 3 is 2.75 bits per heavy atom. The minimum atomic E-state index is 0.00620. The Balaban J connectivity index is 1.82. The lowest BCUT2D eigenvalue weighted by molar-refractivity contribution is 0.259. The van der Waals surface area contributed by atoms with Crippen LogP contribution in [0.25, 0.3) is 0 Å². The summed E-state index contributed by atoms with van der Waals surface area (Å²) in [7, 11) is 0. The summed E-state index contributed by atoms with van der Waals surface area (Å²) in [5.41, 5.74) is 9.16. The molecule has 0 radical (unpaired) electrons. The highest BCUT2D eigenvalue weighted by Gasteiger charge is 2.38. The third kappa shape index (κ3) is 2.51. The van der Waals surface area contributed by atoms with Crippen LogP contribution in [0.1, 0.15) is 56.6 Å². The average Bonchev–Trinajstić information content (AvgIpc) is 3.32. The largest absolute Gasteiger partial charge is 0.328 e. The molecule has 3 atom stereocenters. The minimum Gasteiger partial charge on any atom is -0.328 e. The molecule has 2 heteroatoms. The topological polar surface area (TPSA) is 38.0 Å². The van der Waals surface area contributed by atoms with Crippen LogP contribution < -0.4 is 11.1 Å². The molecule has 0 aromatic heterocycles. The first kappa shape index (κ1) is 14.1. The Labute approximate surface area is 123 Å². The van der Waals surface area contributed by atoms with Crippen LogP contribution in [0.3, 0.4) is 0 Å². The molecule has 1 aromatic rings. The van der Waals surface area contributed by atoms with E-state index in [-0.39, 0.29) is 5.54 Å². The van der Waals surface area contributed by atoms with Gasteiger partial charge in [-0.2, -0.15) is 0 Å². The SMILES string of the molecule is CC1CCC(CN)(NCC(C)C2CC2)c2ccccc21. The number of nitrogens with one attached hydrogen (secondary N) is 1. The van der Waals surface area contributed by atoms with E-state index in [0.717, 1.165) is 18.4 Å². The van der Waals surface area contributed by atoms with Crippen molar-refractivity contribution in [1.82, 2.24) is 5.32 Å². The van der Waals surface area contributed by atoms with Gasteiger partial charge in [0.1, 0.15) is 0 Å². The van der Waals surface area contributed by atoms with Crippen LogP contribution in [0, 0.1) is 11.8 Å². The Bertz CT molecular complexity index is 466. The first-order valence-corrected chi connectivity index (χ1v) is 8.21. The molecule has 2 aliphatic rings. The van der Waals surface area contributed by atoms with Gasteiger partial charge < -0.3 is 11.1 Å². The van der Waals surface area contributed by atoms with Crippen molar-refractivity contribution in [3.8, 4) is 0 Å². The molecule has 2 aliphatic carbocycles. The van der Waals surface area contributed by atoms with E-state index in [4.69, 9.17) is 5.73 Å². The molecule has 1 fully saturated rings. The normalized spacial score (nSPS) is 30.9. The van der Waals surface area contributed by atoms with Crippen molar-refractivity contribution in [3.63, 3.8) is 0 Å². The maximum absolute atomic E-state index is 6.21. The average molecular weight is 272 g/mol. The van der Waals surface area contributed by atoms with Gasteiger partial charge in [0.05, 0.1) is 5.54 Å². The smallest absolute Gasteiger partial charge is 0.0561 e. The molecule has 20 heavy (non-hydrogen) atoms. The molecule has 0 bridgehead atoms. The van der Waals surface area contributed by atoms with Crippen molar-refractivity contribution in [1.29, 1.82) is 0 Å². The van der Waals surface area contributed by atoms with Gasteiger partial charge in [-0.15, -0.1) is 0 Å². The Morgan fingerprint density at radius 1 is 1.30 bits per heavy atom. The van der Waals surface area contributed by atoms with E-state index < -0.39 is 0 Å². The molecule has 0 heterocycles. The fourth-order valence-corrected chi connectivity index (χ4v) is 3.77. The van der Waals surface area contributed by atoms with Gasteiger partial charge in [0.2, 0.25) is 0 Å². The van der Waals surface area contributed by atoms with Crippen molar-refractivity contribution >= 4 is 0 Å². The lowest BCUT2D eigenvalue weighted by Gasteiger charge is -2.42. The molecule has 3 N–H and O–H groups in total. The van der Waals surface area contributed by atoms with Crippen molar-refractivity contribution in [2.45, 2.75) is 51.0 Å². The predicted octanol–water partition coefficient (Wildman–Crippen LogP) is 3.37. The summed E-state index contributed by atoms with van der Waals surface area (Å²) in [6.07, 6.45) is 5.25. The lowest BCUT2D eigenvalue weighted by Crippen LogP contribution is -2.52. The molecular weight excluding hydrogens is 244 g/mol. The van der Waals surface area contributed by atoms with Crippen LogP contribution >= 0.6 is 0 Å². The molecular formula is C18H28N2. The highest BCUT2D eigenvalue weighted by Crippen LogP contribution is 2.42. The summed E-state index contributed by atoms with van der Waals surface area (Å²) in [4.78, 5) is 0. The van der Waals surface area contributed by atoms with Gasteiger partial charge >= 0.3 is 0 Å². The quantitative estimate of drug-likeness (QED) is 0.862. The summed E-state index contributed by atoms with van der Waals surface area (Å²) in [6.45, 7) is 6.52. The molecule has 2 nitrogen and oxygen atoms in total. The second kappa shape index (κ2) is 5.50. The monoisotopic (exact) mass is 272 g/mol. The second-order valence-electron chi connectivity index (χ2n) is 7.01. The number of benzene rings is 1. The van der Waals surface area contributed by atoms with Crippen LogP contribution in [0.2, 0.25) is 0 Å². The van der Waals surface area contributed by atoms with Crippen LogP contribution in [0.15, 0.2) is 24.3 Å². The summed E-state index contributed by atoms with van der Waals surface area (Å²) < 4.78 is 0. The highest BCUT2D eigenvalue weighted by molar-refractivity contribution is 5.39. The molecule has 1 aromatic carbocycles. The van der Waals surface area contributed by atoms with E-state index in [9.17, 15) is 0 Å². The third-order valence-corrected chi connectivity index (χ3v) is 5.55. The van der Waals surface area contributed by atoms with Gasteiger partial charge in [-0.1, -0.05) is 38.1 Å². The first-order valence-electron chi connectivity index (χ1n) is 8.21. The predicted molar refractivity (Wildman–Crippen MR) is 84.7 cm³/mol. The van der Waals surface area contributed by atoms with Gasteiger partial charge in [-0.25, -0.2) is 0 Å². The minimum absolute atomic E-state index is 0.00620. The molecule has 0 aliphatic heterocycles. The van der Waals surface area contributed by atoms with Crippen molar-refractivity contribution in [3.05, 3.63) is 35.4 Å². The van der Waals surface area contributed by atoms with Crippen LogP contribution in [0.5, 0.6) is 0 Å². The molecule has 3 rings (SSSR count). The summed E-state index contributed by atoms with van der Waals surface area (Å²) in [5, 5.41) is 3.86. The van der Waals surface area contributed by atoms with Gasteiger partial charge in [-0.3, -0.25) is 0 Å². The fraction of sp³-hybridized carbons (Fsp3) is 0.667. The van der Waals surface area contributed by atoms with E-state index in [0.29, 0.717) is 12.5 Å². The summed E-state index contributed by atoms with van der Waals surface area (Å²) >= 11 is 0. The lowest BCUT2D eigenvalue weighted by atomic mass is 9.72. The Hall–Kier alpha value is -0.860. The van der Waals surface area contributed by atoms with Gasteiger partial charge in [0.15, 0.2) is 0 Å². The van der Waals surface area contributed by atoms with E-state index >= 15 is 0 Å². The zero-order valence-electron chi connectivity index (χ0n) is 12.9. The zero-order valence-corrected chi connectivity index (χ0v) is 12.9. The number of rotatable bonds is 5. The number of nitrogens with two attached hydrogens (primary N) is 1. The van der Waals surface area contributed by atoms with Crippen LogP contribution in [-0.4, -0.2) is 13.1 Å². The molecule has 3 unspecified atom stereocenters. The molecule has 0 spiro atoms. The Morgan fingerprint density at radius 2 is 2.05 bits per heavy atom. The van der Waals surface area contributed by atoms with Crippen LogP contribution in [-0.2, 0) is 5.54 Å². The fourth-order valence-electron chi connectivity index (χ4n) is 3.77. The van der Waals surface area contributed by atoms with Crippen molar-refractivity contribution in [2.24, 2.45) is 17.6 Å². The second-order valence-corrected chi connectivity index (χ2v) is 7.01. The maximum atomic E-state index is 6.21. The highest BCUT2D eigenvalue weighted by atomic mass is 15.0. The van der Waals surface area contributed by atoms with E-state index in [1.54, 1.807) is 0 Å². The van der Waals surface area contributed by atoms with E-state index in [2.05, 4.69) is 43.4 Å². The van der Waals surface area contributed by atoms with Gasteiger partial charge in [0, 0.05) is 6.54 Å². The van der Waals surface area contributed by atoms with Crippen molar-refractivity contribution < 1.29 is 0 Å². The standard InChI is InChI=1S/C18H28N2/c1-13-9-10-18(12-19,17-6-4-3-5-16(13)17)20-11-14(2)15-7-8-15/h3-6,13-15,20H,7-12,19H2,1-2H3. The maximum Gasteiger partial charge on any atom is 0.0561 e. The summed E-state index contributed by atoms with van der Waals surface area (Å²) in [5.74, 6) is 2.40. The van der Waals surface area contributed by atoms with Crippen molar-refractivity contribution in [2.75, 3.05) is 13.1 Å². The van der Waals surface area contributed by atoms with E-state index in [1.807, 2.05) is 0 Å². The van der Waals surface area contributed by atoms with Crippen LogP contribution in [0.4, 0.5) is 0 Å². The summed E-state index contributed by atoms with van der Waals surface area (Å²) in [6, 6.07) is 8.89. The van der Waals surface area contributed by atoms with Gasteiger partial charge in [0.25, 0.3) is 0 Å². The molecule has 110 valence electrons. The molecule has 0 saturated heterocycles. The van der Waals surface area contributed by atoms with E-state index in [1.165, 1.54) is 36.8 Å².